The Bertz CT molecular complexity index is 1270. The van der Waals surface area contributed by atoms with Crippen LogP contribution in [0.25, 0.3) is 16.6 Å². The Morgan fingerprint density at radius 1 is 1.31 bits per heavy atom. The van der Waals surface area contributed by atoms with E-state index in [0.29, 0.717) is 28.0 Å². The summed E-state index contributed by atoms with van der Waals surface area (Å²) in [5, 5.41) is 19.8. The van der Waals surface area contributed by atoms with Crippen LogP contribution < -0.4 is 11.2 Å². The van der Waals surface area contributed by atoms with Gasteiger partial charge in [-0.1, -0.05) is 6.07 Å². The number of rotatable bonds is 4. The number of hydrogen-bond acceptors (Lipinski definition) is 6. The fourth-order valence-electron chi connectivity index (χ4n) is 2.95. The van der Waals surface area contributed by atoms with Crippen LogP contribution in [-0.2, 0) is 0 Å². The van der Waals surface area contributed by atoms with Gasteiger partial charge >= 0.3 is 6.03 Å². The van der Waals surface area contributed by atoms with Crippen molar-refractivity contribution in [1.82, 2.24) is 25.0 Å². The summed E-state index contributed by atoms with van der Waals surface area (Å²) in [6.45, 7) is 1.63. The van der Waals surface area contributed by atoms with Gasteiger partial charge in [-0.05, 0) is 31.2 Å². The molecule has 1 aromatic carbocycles. The summed E-state index contributed by atoms with van der Waals surface area (Å²) in [5.74, 6) is -0.585. The van der Waals surface area contributed by atoms with E-state index in [1.165, 1.54) is 16.8 Å². The molecule has 0 saturated heterocycles. The number of pyridine rings is 1. The van der Waals surface area contributed by atoms with E-state index in [9.17, 15) is 14.3 Å². The van der Waals surface area contributed by atoms with Crippen molar-refractivity contribution in [2.24, 2.45) is 10.8 Å². The number of fused-ring (bicyclic) bond motifs is 2. The Morgan fingerprint density at radius 2 is 2.14 bits per heavy atom. The molecule has 0 spiro atoms. The molecule has 3 aromatic heterocycles. The number of urea groups is 1. The van der Waals surface area contributed by atoms with Crippen molar-refractivity contribution in [3.63, 3.8) is 0 Å². The van der Waals surface area contributed by atoms with Crippen molar-refractivity contribution in [2.75, 3.05) is 0 Å². The molecule has 0 radical (unpaired) electrons. The standard InChI is InChI=1S/C19H16FN7O2/c1-10(24-25-19(21)29)14-4-5-17-23-9-16(27(17)26-14)18(28)12-7-11-3-2-6-22-15(11)8-13(12)20/h2-9,18,28H,1H3,(H3,21,25,29)/b24-10+. The number of imidazole rings is 1. The van der Waals surface area contributed by atoms with E-state index in [1.54, 1.807) is 43.5 Å². The molecular formula is C19H16FN7O2. The van der Waals surface area contributed by atoms with E-state index >= 15 is 0 Å². The molecule has 4 aromatic rings. The van der Waals surface area contributed by atoms with Gasteiger partial charge in [0.05, 0.1) is 23.1 Å². The summed E-state index contributed by atoms with van der Waals surface area (Å²) in [4.78, 5) is 19.1. The molecule has 10 heteroatoms. The monoisotopic (exact) mass is 393 g/mol. The van der Waals surface area contributed by atoms with Gasteiger partial charge in [-0.25, -0.2) is 24.1 Å². The number of nitrogens with zero attached hydrogens (tertiary/aromatic N) is 5. The number of nitrogens with two attached hydrogens (primary N) is 1. The Kier molecular flexibility index (Phi) is 4.61. The quantitative estimate of drug-likeness (QED) is 0.360. The van der Waals surface area contributed by atoms with Crippen molar-refractivity contribution >= 4 is 28.3 Å². The first-order valence-corrected chi connectivity index (χ1v) is 8.61. The fraction of sp³-hybridized carbons (Fsp3) is 0.105. The number of aromatic nitrogens is 4. The van der Waals surface area contributed by atoms with Gasteiger partial charge < -0.3 is 10.8 Å². The van der Waals surface area contributed by atoms with E-state index in [-0.39, 0.29) is 11.3 Å². The summed E-state index contributed by atoms with van der Waals surface area (Å²) in [6.07, 6.45) is 1.70. The molecule has 0 bridgehead atoms. The van der Waals surface area contributed by atoms with E-state index in [0.717, 1.165) is 0 Å². The highest BCUT2D eigenvalue weighted by molar-refractivity contribution is 5.97. The molecule has 4 rings (SSSR count). The number of halogens is 1. The van der Waals surface area contributed by atoms with Crippen LogP contribution in [0.3, 0.4) is 0 Å². The molecule has 1 unspecified atom stereocenters. The van der Waals surface area contributed by atoms with Crippen LogP contribution >= 0.6 is 0 Å². The predicted molar refractivity (Wildman–Crippen MR) is 104 cm³/mol. The second-order valence-electron chi connectivity index (χ2n) is 6.32. The lowest BCUT2D eigenvalue weighted by Crippen LogP contribution is -2.25. The minimum atomic E-state index is -1.31. The van der Waals surface area contributed by atoms with Crippen molar-refractivity contribution < 1.29 is 14.3 Å². The zero-order chi connectivity index (χ0) is 20.5. The Hall–Kier alpha value is -3.92. The lowest BCUT2D eigenvalue weighted by molar-refractivity contribution is 0.208. The third-order valence-corrected chi connectivity index (χ3v) is 4.39. The zero-order valence-electron chi connectivity index (χ0n) is 15.2. The first-order valence-electron chi connectivity index (χ1n) is 8.61. The van der Waals surface area contributed by atoms with Gasteiger partial charge in [0.1, 0.15) is 17.6 Å². The second kappa shape index (κ2) is 7.24. The summed E-state index contributed by atoms with van der Waals surface area (Å²) >= 11 is 0. The van der Waals surface area contributed by atoms with Gasteiger partial charge in [0, 0.05) is 23.2 Å². The molecule has 1 atom stereocenters. The highest BCUT2D eigenvalue weighted by Crippen LogP contribution is 2.28. The molecule has 146 valence electrons. The minimum absolute atomic E-state index is 0.0836. The maximum atomic E-state index is 14.6. The number of aliphatic hydroxyl groups is 1. The lowest BCUT2D eigenvalue weighted by Gasteiger charge is -2.13. The average Bonchev–Trinajstić information content (AvgIpc) is 3.14. The van der Waals surface area contributed by atoms with Crippen molar-refractivity contribution in [1.29, 1.82) is 0 Å². The number of carbonyl (C=O) groups excluding carboxylic acids is 1. The molecule has 0 aliphatic heterocycles. The molecule has 0 aliphatic rings. The van der Waals surface area contributed by atoms with Crippen LogP contribution in [0, 0.1) is 5.82 Å². The molecule has 0 aliphatic carbocycles. The van der Waals surface area contributed by atoms with E-state index in [2.05, 4.69) is 25.6 Å². The van der Waals surface area contributed by atoms with Gasteiger partial charge in [-0.2, -0.15) is 10.2 Å². The molecular weight excluding hydrogens is 377 g/mol. The molecule has 29 heavy (non-hydrogen) atoms. The number of hydrogen-bond donors (Lipinski definition) is 3. The smallest absolute Gasteiger partial charge is 0.332 e. The average molecular weight is 393 g/mol. The fourth-order valence-corrected chi connectivity index (χ4v) is 2.95. The number of nitrogens with one attached hydrogen (secondary N) is 1. The first-order chi connectivity index (χ1) is 13.9. The summed E-state index contributed by atoms with van der Waals surface area (Å²) in [7, 11) is 0. The maximum Gasteiger partial charge on any atom is 0.332 e. The highest BCUT2D eigenvalue weighted by atomic mass is 19.1. The van der Waals surface area contributed by atoms with E-state index in [1.807, 2.05) is 0 Å². The van der Waals surface area contributed by atoms with Crippen molar-refractivity contribution in [3.05, 3.63) is 71.6 Å². The third kappa shape index (κ3) is 3.48. The van der Waals surface area contributed by atoms with Gasteiger partial charge in [-0.3, -0.25) is 4.98 Å². The Morgan fingerprint density at radius 3 is 2.93 bits per heavy atom. The van der Waals surface area contributed by atoms with Crippen molar-refractivity contribution in [3.8, 4) is 0 Å². The largest absolute Gasteiger partial charge is 0.382 e. The number of aliphatic hydroxyl groups excluding tert-OH is 1. The SMILES string of the molecule is C/C(=N\NC(N)=O)c1ccc2ncc(C(O)c3cc4cccnc4cc3F)n2n1. The van der Waals surface area contributed by atoms with Gasteiger partial charge in [-0.15, -0.1) is 0 Å². The van der Waals surface area contributed by atoms with Gasteiger partial charge in [0.2, 0.25) is 0 Å². The molecule has 0 saturated carbocycles. The topological polar surface area (TPSA) is 131 Å². The molecule has 0 fully saturated rings. The molecule has 2 amide bonds. The van der Waals surface area contributed by atoms with Gasteiger partial charge in [0.25, 0.3) is 0 Å². The van der Waals surface area contributed by atoms with Crippen LogP contribution in [-0.4, -0.2) is 36.4 Å². The first kappa shape index (κ1) is 18.4. The maximum absolute atomic E-state index is 14.6. The van der Waals surface area contributed by atoms with E-state index < -0.39 is 18.0 Å². The Balaban J connectivity index is 1.77. The number of amides is 2. The number of carbonyl (C=O) groups is 1. The molecule has 9 nitrogen and oxygen atoms in total. The lowest BCUT2D eigenvalue weighted by atomic mass is 10.0. The third-order valence-electron chi connectivity index (χ3n) is 4.39. The van der Waals surface area contributed by atoms with Crippen LogP contribution in [0.2, 0.25) is 0 Å². The van der Waals surface area contributed by atoms with Crippen LogP contribution in [0.1, 0.15) is 30.0 Å². The van der Waals surface area contributed by atoms with Crippen LogP contribution in [0.15, 0.2) is 53.9 Å². The normalized spacial score (nSPS) is 13.0. The summed E-state index contributed by atoms with van der Waals surface area (Å²) in [5.41, 5.74) is 9.26. The van der Waals surface area contributed by atoms with Crippen molar-refractivity contribution in [2.45, 2.75) is 13.0 Å². The van der Waals surface area contributed by atoms with Crippen LogP contribution in [0.5, 0.6) is 0 Å². The minimum Gasteiger partial charge on any atom is -0.382 e. The van der Waals surface area contributed by atoms with Crippen LogP contribution in [0.4, 0.5) is 9.18 Å². The number of benzene rings is 1. The highest BCUT2D eigenvalue weighted by Gasteiger charge is 2.21. The zero-order valence-corrected chi connectivity index (χ0v) is 15.2. The molecule has 4 N–H and O–H groups in total. The van der Waals surface area contributed by atoms with E-state index in [4.69, 9.17) is 5.73 Å². The number of primary amides is 1. The molecule has 3 heterocycles. The predicted octanol–water partition coefficient (Wildman–Crippen LogP) is 1.89. The summed E-state index contributed by atoms with van der Waals surface area (Å²) in [6, 6.07) is 8.88. The number of hydrazone groups is 1. The van der Waals surface area contributed by atoms with Gasteiger partial charge in [0.15, 0.2) is 5.65 Å². The summed E-state index contributed by atoms with van der Waals surface area (Å²) < 4.78 is 16.0. The second-order valence-corrected chi connectivity index (χ2v) is 6.32. The Labute approximate surface area is 163 Å².